The monoisotopic (exact) mass is 331 g/mol. The summed E-state index contributed by atoms with van der Waals surface area (Å²) in [6, 6.07) is 7.76. The van der Waals surface area contributed by atoms with Crippen LogP contribution in [-0.4, -0.2) is 43.4 Å². The summed E-state index contributed by atoms with van der Waals surface area (Å²) in [5.41, 5.74) is 2.09. The SMILES string of the molecule is CCc1ccccc1NC(=O)CCC(=O)NC[C@]1(C)CCN(C)C1. The lowest BCUT2D eigenvalue weighted by molar-refractivity contribution is -0.124. The smallest absolute Gasteiger partial charge is 0.224 e. The standard InChI is InChI=1S/C19H29N3O2/c1-4-15-7-5-6-8-16(15)21-18(24)10-9-17(23)20-13-19(2)11-12-22(3)14-19/h5-8H,4,9-14H2,1-3H3,(H,20,23)(H,21,24)/t19-/m0/s1. The number of hydrogen-bond donors (Lipinski definition) is 2. The lowest BCUT2D eigenvalue weighted by Crippen LogP contribution is -2.37. The van der Waals surface area contributed by atoms with E-state index < -0.39 is 0 Å². The van der Waals surface area contributed by atoms with Crippen molar-refractivity contribution >= 4 is 17.5 Å². The first kappa shape index (κ1) is 18.5. The number of carbonyl (C=O) groups excluding carboxylic acids is 2. The Morgan fingerprint density at radius 1 is 1.21 bits per heavy atom. The minimum atomic E-state index is -0.113. The Hall–Kier alpha value is -1.88. The van der Waals surface area contributed by atoms with Crippen molar-refractivity contribution in [2.45, 2.75) is 39.5 Å². The third-order valence-corrected chi connectivity index (χ3v) is 4.71. The first-order valence-electron chi connectivity index (χ1n) is 8.75. The van der Waals surface area contributed by atoms with Crippen LogP contribution >= 0.6 is 0 Å². The number of benzene rings is 1. The number of rotatable bonds is 7. The number of carbonyl (C=O) groups is 2. The van der Waals surface area contributed by atoms with Crippen LogP contribution in [0.15, 0.2) is 24.3 Å². The first-order chi connectivity index (χ1) is 11.4. The van der Waals surface area contributed by atoms with E-state index in [0.717, 1.165) is 37.2 Å². The molecule has 2 amide bonds. The molecule has 1 aliphatic rings. The predicted molar refractivity (Wildman–Crippen MR) is 96.9 cm³/mol. The molecule has 2 N–H and O–H groups in total. The average molecular weight is 331 g/mol. The summed E-state index contributed by atoms with van der Waals surface area (Å²) in [7, 11) is 2.10. The van der Waals surface area contributed by atoms with Crippen LogP contribution in [0.25, 0.3) is 0 Å². The van der Waals surface area contributed by atoms with Crippen molar-refractivity contribution in [1.82, 2.24) is 10.2 Å². The Kier molecular flexibility index (Phi) is 6.37. The number of amides is 2. The van der Waals surface area contributed by atoms with E-state index >= 15 is 0 Å². The van der Waals surface area contributed by atoms with Crippen molar-refractivity contribution in [2.24, 2.45) is 5.41 Å². The molecule has 1 aromatic rings. The van der Waals surface area contributed by atoms with E-state index in [1.165, 1.54) is 0 Å². The molecule has 0 radical (unpaired) electrons. The molecule has 1 heterocycles. The highest BCUT2D eigenvalue weighted by Gasteiger charge is 2.32. The van der Waals surface area contributed by atoms with Gasteiger partial charge in [0.2, 0.25) is 11.8 Å². The minimum absolute atomic E-state index is 0.0512. The lowest BCUT2D eigenvalue weighted by atomic mass is 9.90. The number of anilines is 1. The predicted octanol–water partition coefficient (Wildman–Crippen LogP) is 2.43. The van der Waals surface area contributed by atoms with Gasteiger partial charge in [0.25, 0.3) is 0 Å². The maximum Gasteiger partial charge on any atom is 0.224 e. The Morgan fingerprint density at radius 3 is 2.58 bits per heavy atom. The molecule has 0 bridgehead atoms. The fourth-order valence-corrected chi connectivity index (χ4v) is 3.21. The number of para-hydroxylation sites is 1. The molecule has 5 nitrogen and oxygen atoms in total. The number of likely N-dealkylation sites (tertiary alicyclic amines) is 1. The molecule has 1 saturated heterocycles. The van der Waals surface area contributed by atoms with Gasteiger partial charge < -0.3 is 15.5 Å². The Morgan fingerprint density at radius 2 is 1.92 bits per heavy atom. The highest BCUT2D eigenvalue weighted by Crippen LogP contribution is 2.27. The highest BCUT2D eigenvalue weighted by atomic mass is 16.2. The van der Waals surface area contributed by atoms with E-state index in [1.807, 2.05) is 24.3 Å². The van der Waals surface area contributed by atoms with Crippen molar-refractivity contribution in [2.75, 3.05) is 32.0 Å². The van der Waals surface area contributed by atoms with Gasteiger partial charge in [-0.05, 0) is 43.5 Å². The zero-order valence-corrected chi connectivity index (χ0v) is 15.0. The van der Waals surface area contributed by atoms with Gasteiger partial charge in [0.1, 0.15) is 0 Å². The van der Waals surface area contributed by atoms with Crippen LogP contribution in [-0.2, 0) is 16.0 Å². The van der Waals surface area contributed by atoms with Crippen LogP contribution in [0.3, 0.4) is 0 Å². The fraction of sp³-hybridized carbons (Fsp3) is 0.579. The normalized spacial score (nSPS) is 20.8. The van der Waals surface area contributed by atoms with Crippen molar-refractivity contribution in [3.63, 3.8) is 0 Å². The molecule has 1 fully saturated rings. The van der Waals surface area contributed by atoms with E-state index in [-0.39, 0.29) is 30.1 Å². The zero-order chi connectivity index (χ0) is 17.6. The topological polar surface area (TPSA) is 61.4 Å². The van der Waals surface area contributed by atoms with E-state index in [9.17, 15) is 9.59 Å². The molecule has 0 unspecified atom stereocenters. The molecule has 132 valence electrons. The molecular formula is C19H29N3O2. The molecule has 1 atom stereocenters. The van der Waals surface area contributed by atoms with Crippen LogP contribution in [0.5, 0.6) is 0 Å². The summed E-state index contributed by atoms with van der Waals surface area (Å²) in [5, 5.41) is 5.88. The summed E-state index contributed by atoms with van der Waals surface area (Å²) < 4.78 is 0. The highest BCUT2D eigenvalue weighted by molar-refractivity contribution is 5.93. The second-order valence-electron chi connectivity index (χ2n) is 7.13. The molecule has 0 spiro atoms. The Balaban J connectivity index is 1.72. The number of aryl methyl sites for hydroxylation is 1. The van der Waals surface area contributed by atoms with Crippen molar-refractivity contribution in [1.29, 1.82) is 0 Å². The second kappa shape index (κ2) is 8.29. The molecule has 24 heavy (non-hydrogen) atoms. The van der Waals surface area contributed by atoms with E-state index in [4.69, 9.17) is 0 Å². The van der Waals surface area contributed by atoms with Gasteiger partial charge in [-0.25, -0.2) is 0 Å². The molecule has 2 rings (SSSR count). The van der Waals surface area contributed by atoms with Crippen molar-refractivity contribution < 1.29 is 9.59 Å². The number of nitrogens with one attached hydrogen (secondary N) is 2. The Labute approximate surface area is 144 Å². The lowest BCUT2D eigenvalue weighted by Gasteiger charge is -2.24. The minimum Gasteiger partial charge on any atom is -0.355 e. The first-order valence-corrected chi connectivity index (χ1v) is 8.75. The summed E-state index contributed by atoms with van der Waals surface area (Å²) in [4.78, 5) is 26.3. The van der Waals surface area contributed by atoms with Crippen LogP contribution in [0.4, 0.5) is 5.69 Å². The summed E-state index contributed by atoms with van der Waals surface area (Å²) in [6.45, 7) is 7.01. The average Bonchev–Trinajstić information content (AvgIpc) is 2.91. The van der Waals surface area contributed by atoms with Crippen molar-refractivity contribution in [3.05, 3.63) is 29.8 Å². The second-order valence-corrected chi connectivity index (χ2v) is 7.13. The summed E-state index contributed by atoms with van der Waals surface area (Å²) >= 11 is 0. The van der Waals surface area contributed by atoms with Gasteiger partial charge in [0.05, 0.1) is 0 Å². The summed E-state index contributed by atoms with van der Waals surface area (Å²) in [6.07, 6.45) is 2.40. The zero-order valence-electron chi connectivity index (χ0n) is 15.0. The largest absolute Gasteiger partial charge is 0.355 e. The molecular weight excluding hydrogens is 302 g/mol. The van der Waals surface area contributed by atoms with Crippen molar-refractivity contribution in [3.8, 4) is 0 Å². The quantitative estimate of drug-likeness (QED) is 0.807. The maximum absolute atomic E-state index is 12.1. The van der Waals surface area contributed by atoms with Crippen LogP contribution in [0.2, 0.25) is 0 Å². The van der Waals surface area contributed by atoms with Gasteiger partial charge >= 0.3 is 0 Å². The van der Waals surface area contributed by atoms with Gasteiger partial charge in [0.15, 0.2) is 0 Å². The fourth-order valence-electron chi connectivity index (χ4n) is 3.21. The van der Waals surface area contributed by atoms with Gasteiger partial charge in [-0.3, -0.25) is 9.59 Å². The molecule has 1 aromatic carbocycles. The Bertz CT molecular complexity index is 588. The molecule has 0 saturated carbocycles. The van der Waals surface area contributed by atoms with Gasteiger partial charge in [-0.15, -0.1) is 0 Å². The van der Waals surface area contributed by atoms with E-state index in [0.29, 0.717) is 6.54 Å². The third kappa shape index (κ3) is 5.34. The summed E-state index contributed by atoms with van der Waals surface area (Å²) in [5.74, 6) is -0.164. The third-order valence-electron chi connectivity index (χ3n) is 4.71. The van der Waals surface area contributed by atoms with E-state index in [2.05, 4.69) is 36.4 Å². The molecule has 0 aliphatic carbocycles. The van der Waals surface area contributed by atoms with Crippen LogP contribution in [0.1, 0.15) is 38.7 Å². The number of nitrogens with zero attached hydrogens (tertiary/aromatic N) is 1. The number of hydrogen-bond acceptors (Lipinski definition) is 3. The maximum atomic E-state index is 12.1. The van der Waals surface area contributed by atoms with E-state index in [1.54, 1.807) is 0 Å². The molecule has 0 aromatic heterocycles. The van der Waals surface area contributed by atoms with Gasteiger partial charge in [-0.2, -0.15) is 0 Å². The van der Waals surface area contributed by atoms with Gasteiger partial charge in [0, 0.05) is 31.6 Å². The van der Waals surface area contributed by atoms with Gasteiger partial charge in [-0.1, -0.05) is 32.0 Å². The van der Waals surface area contributed by atoms with Crippen LogP contribution in [0, 0.1) is 5.41 Å². The molecule has 1 aliphatic heterocycles. The van der Waals surface area contributed by atoms with Crippen LogP contribution < -0.4 is 10.6 Å². The molecule has 5 heteroatoms.